The van der Waals surface area contributed by atoms with E-state index in [-0.39, 0.29) is 0 Å². The minimum Gasteiger partial charge on any atom is -0.495 e. The van der Waals surface area contributed by atoms with Crippen molar-refractivity contribution in [2.24, 2.45) is 0 Å². The van der Waals surface area contributed by atoms with E-state index in [1.165, 1.54) is 5.19 Å². The Balaban J connectivity index is 2.40. The van der Waals surface area contributed by atoms with Crippen LogP contribution < -0.4 is 9.92 Å². The first-order chi connectivity index (χ1) is 9.22. The van der Waals surface area contributed by atoms with Gasteiger partial charge in [-0.2, -0.15) is 0 Å². The second-order valence-corrected chi connectivity index (χ2v) is 7.62. The van der Waals surface area contributed by atoms with E-state index in [1.807, 2.05) is 30.3 Å². The Morgan fingerprint density at radius 3 is 2.11 bits per heavy atom. The summed E-state index contributed by atoms with van der Waals surface area (Å²) in [5.41, 5.74) is 2.08. The average Bonchev–Trinajstić information content (AvgIpc) is 2.45. The van der Waals surface area contributed by atoms with Crippen LogP contribution in [-0.2, 0) is 0 Å². The van der Waals surface area contributed by atoms with Gasteiger partial charge in [0, 0.05) is 5.56 Å². The van der Waals surface area contributed by atoms with Crippen LogP contribution in [0.4, 0.5) is 0 Å². The van der Waals surface area contributed by atoms with E-state index in [0.29, 0.717) is 0 Å². The highest BCUT2D eigenvalue weighted by atomic mass is 28.3. The lowest BCUT2D eigenvalue weighted by Gasteiger charge is -2.06. The Hall–Kier alpha value is -1.98. The number of ether oxygens (including phenoxy) is 1. The number of benzene rings is 2. The van der Waals surface area contributed by atoms with E-state index >= 15 is 0 Å². The summed E-state index contributed by atoms with van der Waals surface area (Å²) in [4.78, 5) is 0. The van der Waals surface area contributed by atoms with Crippen molar-refractivity contribution in [3.63, 3.8) is 0 Å². The SMILES string of the molecule is COc1ccccc1C#Cc1ccccc1[SiH](C)C. The fourth-order valence-corrected chi connectivity index (χ4v) is 3.28. The Labute approximate surface area is 116 Å². The molecule has 0 saturated heterocycles. The van der Waals surface area contributed by atoms with Crippen molar-refractivity contribution < 1.29 is 4.74 Å². The summed E-state index contributed by atoms with van der Waals surface area (Å²) in [5, 5.41) is 1.42. The van der Waals surface area contributed by atoms with Gasteiger partial charge in [-0.15, -0.1) is 0 Å². The first-order valence-corrected chi connectivity index (χ1v) is 9.35. The molecule has 2 aromatic rings. The van der Waals surface area contributed by atoms with E-state index in [0.717, 1.165) is 16.9 Å². The van der Waals surface area contributed by atoms with Crippen molar-refractivity contribution in [3.8, 4) is 17.6 Å². The maximum absolute atomic E-state index is 5.32. The molecule has 0 heterocycles. The van der Waals surface area contributed by atoms with Gasteiger partial charge in [0.2, 0.25) is 0 Å². The molecule has 2 aromatic carbocycles. The molecule has 0 fully saturated rings. The first-order valence-electron chi connectivity index (χ1n) is 6.46. The van der Waals surface area contributed by atoms with Crippen LogP contribution in [0.1, 0.15) is 11.1 Å². The predicted molar refractivity (Wildman–Crippen MR) is 83.9 cm³/mol. The van der Waals surface area contributed by atoms with Crippen LogP contribution in [0.5, 0.6) is 5.75 Å². The summed E-state index contributed by atoms with van der Waals surface area (Å²) >= 11 is 0. The third kappa shape index (κ3) is 3.27. The van der Waals surface area contributed by atoms with Gasteiger partial charge < -0.3 is 4.74 Å². The van der Waals surface area contributed by atoms with Crippen molar-refractivity contribution in [1.29, 1.82) is 0 Å². The summed E-state index contributed by atoms with van der Waals surface area (Å²) in [6.45, 7) is 4.65. The van der Waals surface area contributed by atoms with Crippen LogP contribution in [-0.4, -0.2) is 15.9 Å². The van der Waals surface area contributed by atoms with E-state index in [9.17, 15) is 0 Å². The lowest BCUT2D eigenvalue weighted by molar-refractivity contribution is 0.413. The van der Waals surface area contributed by atoms with Crippen LogP contribution in [0.25, 0.3) is 0 Å². The minimum absolute atomic E-state index is 0.828. The lowest BCUT2D eigenvalue weighted by atomic mass is 10.1. The molecule has 0 saturated carbocycles. The Morgan fingerprint density at radius 1 is 0.842 bits per heavy atom. The number of para-hydroxylation sites is 1. The highest BCUT2D eigenvalue weighted by Gasteiger charge is 2.04. The van der Waals surface area contributed by atoms with E-state index in [4.69, 9.17) is 4.74 Å². The van der Waals surface area contributed by atoms with Crippen LogP contribution >= 0.6 is 0 Å². The van der Waals surface area contributed by atoms with Gasteiger partial charge in [-0.1, -0.05) is 55.3 Å². The largest absolute Gasteiger partial charge is 0.495 e. The zero-order valence-corrected chi connectivity index (χ0v) is 12.8. The van der Waals surface area contributed by atoms with Crippen molar-refractivity contribution in [1.82, 2.24) is 0 Å². The average molecular weight is 266 g/mol. The Morgan fingerprint density at radius 2 is 1.42 bits per heavy atom. The molecule has 2 heteroatoms. The predicted octanol–water partition coefficient (Wildman–Crippen LogP) is 2.79. The maximum Gasteiger partial charge on any atom is 0.134 e. The molecule has 19 heavy (non-hydrogen) atoms. The summed E-state index contributed by atoms with van der Waals surface area (Å²) in [6, 6.07) is 16.3. The molecule has 0 atom stereocenters. The zero-order chi connectivity index (χ0) is 13.7. The van der Waals surface area contributed by atoms with E-state index in [1.54, 1.807) is 7.11 Å². The molecule has 0 N–H and O–H groups in total. The van der Waals surface area contributed by atoms with Gasteiger partial charge in [0.15, 0.2) is 0 Å². The third-order valence-corrected chi connectivity index (χ3v) is 4.77. The smallest absolute Gasteiger partial charge is 0.134 e. The Bertz CT molecular complexity index is 620. The van der Waals surface area contributed by atoms with Gasteiger partial charge in [0.05, 0.1) is 21.5 Å². The number of rotatable bonds is 2. The number of methoxy groups -OCH3 is 1. The standard InChI is InChI=1S/C17H18OSi/c1-18-16-10-6-4-8-14(16)12-13-15-9-5-7-11-17(15)19(2)3/h4-11,19H,1-3H3. The molecule has 0 spiro atoms. The fourth-order valence-electron chi connectivity index (χ4n) is 2.00. The van der Waals surface area contributed by atoms with Crippen LogP contribution in [0.3, 0.4) is 0 Å². The summed E-state index contributed by atoms with van der Waals surface area (Å²) in [5.74, 6) is 7.34. The van der Waals surface area contributed by atoms with E-state index < -0.39 is 8.80 Å². The molecule has 2 rings (SSSR count). The highest BCUT2D eigenvalue weighted by molar-refractivity contribution is 6.71. The van der Waals surface area contributed by atoms with Gasteiger partial charge in [-0.3, -0.25) is 0 Å². The normalized spacial score (nSPS) is 9.89. The molecule has 0 unspecified atom stereocenters. The van der Waals surface area contributed by atoms with Crippen molar-refractivity contribution in [2.45, 2.75) is 13.1 Å². The van der Waals surface area contributed by atoms with Crippen LogP contribution in [0, 0.1) is 11.8 Å². The molecular formula is C17H18OSi. The summed E-state index contributed by atoms with van der Waals surface area (Å²) < 4.78 is 5.32. The monoisotopic (exact) mass is 266 g/mol. The van der Waals surface area contributed by atoms with Crippen molar-refractivity contribution in [2.75, 3.05) is 7.11 Å². The molecule has 0 bridgehead atoms. The second kappa shape index (κ2) is 6.26. The number of hydrogen-bond acceptors (Lipinski definition) is 1. The van der Waals surface area contributed by atoms with Gasteiger partial charge >= 0.3 is 0 Å². The van der Waals surface area contributed by atoms with Crippen LogP contribution in [0.15, 0.2) is 48.5 Å². The first kappa shape index (κ1) is 13.4. The molecule has 0 aliphatic heterocycles. The molecule has 0 amide bonds. The minimum atomic E-state index is -0.847. The van der Waals surface area contributed by atoms with Gasteiger partial charge in [0.1, 0.15) is 5.75 Å². The highest BCUT2D eigenvalue weighted by Crippen LogP contribution is 2.15. The van der Waals surface area contributed by atoms with Crippen molar-refractivity contribution in [3.05, 3.63) is 59.7 Å². The van der Waals surface area contributed by atoms with E-state index in [2.05, 4.69) is 43.1 Å². The lowest BCUT2D eigenvalue weighted by Crippen LogP contribution is -2.25. The zero-order valence-electron chi connectivity index (χ0n) is 11.6. The summed E-state index contributed by atoms with van der Waals surface area (Å²) in [6.07, 6.45) is 0. The maximum atomic E-state index is 5.32. The molecular weight excluding hydrogens is 248 g/mol. The summed E-state index contributed by atoms with van der Waals surface area (Å²) in [7, 11) is 0.829. The number of hydrogen-bond donors (Lipinski definition) is 0. The molecule has 0 aliphatic rings. The quantitative estimate of drug-likeness (QED) is 0.600. The van der Waals surface area contributed by atoms with Gasteiger partial charge in [0.25, 0.3) is 0 Å². The molecule has 0 radical (unpaired) electrons. The van der Waals surface area contributed by atoms with Crippen LogP contribution in [0.2, 0.25) is 13.1 Å². The second-order valence-electron chi connectivity index (χ2n) is 4.69. The van der Waals surface area contributed by atoms with Crippen molar-refractivity contribution >= 4 is 14.0 Å². The van der Waals surface area contributed by atoms with Gasteiger partial charge in [-0.05, 0) is 23.4 Å². The fraction of sp³-hybridized carbons (Fsp3) is 0.176. The molecule has 0 aliphatic carbocycles. The molecule has 1 nitrogen and oxygen atoms in total. The Kier molecular flexibility index (Phi) is 4.43. The third-order valence-electron chi connectivity index (χ3n) is 3.02. The molecule has 0 aromatic heterocycles. The van der Waals surface area contributed by atoms with Gasteiger partial charge in [-0.25, -0.2) is 0 Å². The topological polar surface area (TPSA) is 9.23 Å². The molecule has 96 valence electrons.